The van der Waals surface area contributed by atoms with Crippen molar-refractivity contribution in [2.24, 2.45) is 0 Å². The van der Waals surface area contributed by atoms with Crippen LogP contribution in [-0.2, 0) is 13.0 Å². The molecule has 1 heterocycles. The molecule has 2 aromatic carbocycles. The molecule has 0 bridgehead atoms. The van der Waals surface area contributed by atoms with Crippen molar-refractivity contribution in [2.75, 3.05) is 49.5 Å². The summed E-state index contributed by atoms with van der Waals surface area (Å²) in [5, 5.41) is 4.29. The van der Waals surface area contributed by atoms with Crippen molar-refractivity contribution in [1.29, 1.82) is 0 Å². The summed E-state index contributed by atoms with van der Waals surface area (Å²) in [5.41, 5.74) is 6.59. The van der Waals surface area contributed by atoms with Gasteiger partial charge in [0.05, 0.1) is 0 Å². The maximum absolute atomic E-state index is 5.89. The van der Waals surface area contributed by atoms with Crippen LogP contribution in [0, 0.1) is 6.92 Å². The van der Waals surface area contributed by atoms with E-state index in [0.29, 0.717) is 0 Å². The molecule has 0 saturated carbocycles. The first kappa shape index (κ1) is 25.5. The normalized spacial score (nSPS) is 13.2. The third-order valence-electron chi connectivity index (χ3n) is 6.61. The molecule has 33 heavy (non-hydrogen) atoms. The molecule has 1 aliphatic heterocycles. The lowest BCUT2D eigenvalue weighted by Gasteiger charge is -2.32. The zero-order chi connectivity index (χ0) is 23.6. The summed E-state index contributed by atoms with van der Waals surface area (Å²) in [4.78, 5) is 7.37. The molecule has 0 radical (unpaired) electrons. The van der Waals surface area contributed by atoms with Crippen LogP contribution in [0.15, 0.2) is 42.5 Å². The van der Waals surface area contributed by atoms with E-state index in [0.717, 1.165) is 56.5 Å². The van der Waals surface area contributed by atoms with Crippen LogP contribution < -0.4 is 10.2 Å². The monoisotopic (exact) mass is 466 g/mol. The number of rotatable bonds is 11. The Morgan fingerprint density at radius 2 is 1.79 bits per heavy atom. The van der Waals surface area contributed by atoms with Gasteiger partial charge in [-0.25, -0.2) is 0 Å². The topological polar surface area (TPSA) is 21.8 Å². The Bertz CT molecular complexity index is 876. The second-order valence-electron chi connectivity index (χ2n) is 9.15. The Morgan fingerprint density at radius 3 is 2.48 bits per heavy atom. The maximum Gasteiger partial charge on any atom is 0.173 e. The van der Waals surface area contributed by atoms with Crippen LogP contribution in [0.1, 0.15) is 56.7 Å². The highest BCUT2D eigenvalue weighted by atomic mass is 32.1. The summed E-state index contributed by atoms with van der Waals surface area (Å²) >= 11 is 5.89. The Balaban J connectivity index is 1.72. The van der Waals surface area contributed by atoms with Crippen molar-refractivity contribution in [3.63, 3.8) is 0 Å². The molecular weight excluding hydrogens is 424 g/mol. The molecule has 0 saturated heterocycles. The molecule has 0 spiro atoms. The molecule has 5 heteroatoms. The van der Waals surface area contributed by atoms with E-state index >= 15 is 0 Å². The van der Waals surface area contributed by atoms with Crippen LogP contribution in [0.3, 0.4) is 0 Å². The van der Waals surface area contributed by atoms with Gasteiger partial charge < -0.3 is 20.0 Å². The summed E-state index contributed by atoms with van der Waals surface area (Å²) in [6.45, 7) is 16.3. The predicted molar refractivity (Wildman–Crippen MR) is 147 cm³/mol. The second-order valence-corrected chi connectivity index (χ2v) is 9.54. The standard InChI is InChI=1S/C28H42N4S/c1-5-17-31-19-8-10-25-21-24(13-16-27(25)31)22-32(20-9-18-30(6-2)7-3)28(33)29-26-14-11-23(4)12-15-26/h11-16,21H,5-10,17-20,22H2,1-4H3,(H,29,33). The minimum atomic E-state index is 0.809. The smallest absolute Gasteiger partial charge is 0.173 e. The minimum Gasteiger partial charge on any atom is -0.371 e. The van der Waals surface area contributed by atoms with Gasteiger partial charge in [0.2, 0.25) is 0 Å². The lowest BCUT2D eigenvalue weighted by atomic mass is 9.98. The molecule has 3 rings (SSSR count). The fourth-order valence-electron chi connectivity index (χ4n) is 4.67. The van der Waals surface area contributed by atoms with Crippen LogP contribution in [0.5, 0.6) is 0 Å². The molecular formula is C28H42N4S. The van der Waals surface area contributed by atoms with Gasteiger partial charge in [-0.1, -0.05) is 50.6 Å². The van der Waals surface area contributed by atoms with E-state index in [9.17, 15) is 0 Å². The third kappa shape index (κ3) is 7.44. The fourth-order valence-corrected chi connectivity index (χ4v) is 4.94. The first-order valence-corrected chi connectivity index (χ1v) is 13.2. The van der Waals surface area contributed by atoms with Crippen LogP contribution in [0.4, 0.5) is 11.4 Å². The Kier molecular flexibility index (Phi) is 10.0. The zero-order valence-electron chi connectivity index (χ0n) is 21.1. The van der Waals surface area contributed by atoms with Crippen LogP contribution in [-0.4, -0.2) is 54.2 Å². The molecule has 2 aromatic rings. The largest absolute Gasteiger partial charge is 0.371 e. The highest BCUT2D eigenvalue weighted by Gasteiger charge is 2.18. The minimum absolute atomic E-state index is 0.809. The van der Waals surface area contributed by atoms with E-state index in [4.69, 9.17) is 12.2 Å². The number of aryl methyl sites for hydroxylation is 2. The molecule has 1 aliphatic rings. The van der Waals surface area contributed by atoms with E-state index < -0.39 is 0 Å². The average Bonchev–Trinajstić information content (AvgIpc) is 2.82. The van der Waals surface area contributed by atoms with Gasteiger partial charge in [0.25, 0.3) is 0 Å². The lowest BCUT2D eigenvalue weighted by Crippen LogP contribution is -2.37. The number of thiocarbonyl (C=S) groups is 1. The molecule has 0 unspecified atom stereocenters. The van der Waals surface area contributed by atoms with Gasteiger partial charge >= 0.3 is 0 Å². The fraction of sp³-hybridized carbons (Fsp3) is 0.536. The number of nitrogens with one attached hydrogen (secondary N) is 1. The SMILES string of the molecule is CCCN1CCCc2cc(CN(CCCN(CC)CC)C(=S)Nc3ccc(C)cc3)ccc21. The summed E-state index contributed by atoms with van der Waals surface area (Å²) in [7, 11) is 0. The van der Waals surface area contributed by atoms with Crippen molar-refractivity contribution in [3.8, 4) is 0 Å². The maximum atomic E-state index is 5.89. The Labute approximate surface area is 207 Å². The zero-order valence-corrected chi connectivity index (χ0v) is 21.9. The van der Waals surface area contributed by atoms with Gasteiger partial charge in [0, 0.05) is 37.6 Å². The van der Waals surface area contributed by atoms with Gasteiger partial charge in [-0.3, -0.25) is 0 Å². The molecule has 0 fully saturated rings. The van der Waals surface area contributed by atoms with Crippen molar-refractivity contribution < 1.29 is 0 Å². The van der Waals surface area contributed by atoms with Crippen molar-refractivity contribution in [3.05, 3.63) is 59.2 Å². The first-order valence-electron chi connectivity index (χ1n) is 12.8. The molecule has 0 aromatic heterocycles. The Hall–Kier alpha value is -2.11. The molecule has 180 valence electrons. The number of anilines is 2. The third-order valence-corrected chi connectivity index (χ3v) is 6.97. The van der Waals surface area contributed by atoms with Gasteiger partial charge in [0.1, 0.15) is 0 Å². The van der Waals surface area contributed by atoms with Gasteiger partial charge in [-0.15, -0.1) is 0 Å². The van der Waals surface area contributed by atoms with E-state index in [1.165, 1.54) is 48.2 Å². The highest BCUT2D eigenvalue weighted by molar-refractivity contribution is 7.80. The van der Waals surface area contributed by atoms with E-state index in [-0.39, 0.29) is 0 Å². The van der Waals surface area contributed by atoms with Crippen molar-refractivity contribution in [1.82, 2.24) is 9.80 Å². The molecule has 0 aliphatic carbocycles. The Morgan fingerprint density at radius 1 is 1.03 bits per heavy atom. The number of benzene rings is 2. The summed E-state index contributed by atoms with van der Waals surface area (Å²) < 4.78 is 0. The quantitative estimate of drug-likeness (QED) is 0.404. The summed E-state index contributed by atoms with van der Waals surface area (Å²) in [5.74, 6) is 0. The molecule has 4 nitrogen and oxygen atoms in total. The van der Waals surface area contributed by atoms with Crippen LogP contribution in [0.25, 0.3) is 0 Å². The van der Waals surface area contributed by atoms with E-state index in [2.05, 4.69) is 90.2 Å². The molecule has 1 N–H and O–H groups in total. The van der Waals surface area contributed by atoms with Gasteiger partial charge in [-0.05, 0) is 93.8 Å². The second kappa shape index (κ2) is 13.0. The van der Waals surface area contributed by atoms with E-state index in [1.807, 2.05) is 0 Å². The molecule has 0 amide bonds. The van der Waals surface area contributed by atoms with Crippen LogP contribution >= 0.6 is 12.2 Å². The van der Waals surface area contributed by atoms with Crippen molar-refractivity contribution >= 4 is 28.7 Å². The number of hydrogen-bond acceptors (Lipinski definition) is 3. The van der Waals surface area contributed by atoms with Gasteiger partial charge in [-0.2, -0.15) is 0 Å². The number of hydrogen-bond donors (Lipinski definition) is 1. The van der Waals surface area contributed by atoms with E-state index in [1.54, 1.807) is 0 Å². The number of fused-ring (bicyclic) bond motifs is 1. The lowest BCUT2D eigenvalue weighted by molar-refractivity contribution is 0.281. The van der Waals surface area contributed by atoms with Crippen molar-refractivity contribution in [2.45, 2.75) is 59.9 Å². The highest BCUT2D eigenvalue weighted by Crippen LogP contribution is 2.28. The van der Waals surface area contributed by atoms with Crippen LogP contribution in [0.2, 0.25) is 0 Å². The molecule has 0 atom stereocenters. The first-order chi connectivity index (χ1) is 16.0. The number of nitrogens with zero attached hydrogens (tertiary/aromatic N) is 3. The van der Waals surface area contributed by atoms with Gasteiger partial charge in [0.15, 0.2) is 5.11 Å². The average molecular weight is 467 g/mol. The predicted octanol–water partition coefficient (Wildman–Crippen LogP) is 6.09. The summed E-state index contributed by atoms with van der Waals surface area (Å²) in [6, 6.07) is 15.5. The summed E-state index contributed by atoms with van der Waals surface area (Å²) in [6.07, 6.45) is 4.72.